The normalized spacial score (nSPS) is 10.0. The number of isocyanates is 1. The molecule has 0 radical (unpaired) electrons. The summed E-state index contributed by atoms with van der Waals surface area (Å²) in [4.78, 5) is 13.6. The molecule has 1 N–H and O–H groups in total. The van der Waals surface area contributed by atoms with Crippen molar-refractivity contribution in [1.29, 1.82) is 0 Å². The molecule has 4 nitrogen and oxygen atoms in total. The van der Waals surface area contributed by atoms with Crippen molar-refractivity contribution in [1.82, 2.24) is 0 Å². The molecule has 1 aromatic carbocycles. The fourth-order valence-corrected chi connectivity index (χ4v) is 1.50. The summed E-state index contributed by atoms with van der Waals surface area (Å²) in [6, 6.07) is 3.54. The molecular formula is C12H15NO3. The Morgan fingerprint density at radius 2 is 2.19 bits per heavy atom. The second-order valence-corrected chi connectivity index (χ2v) is 3.79. The number of aromatic hydroxyl groups is 1. The highest BCUT2D eigenvalue weighted by molar-refractivity contribution is 5.50. The van der Waals surface area contributed by atoms with E-state index in [2.05, 4.69) is 4.99 Å². The minimum Gasteiger partial charge on any atom is -0.504 e. The molecule has 0 spiro atoms. The smallest absolute Gasteiger partial charge is 0.235 e. The van der Waals surface area contributed by atoms with Gasteiger partial charge in [0.1, 0.15) is 0 Å². The maximum absolute atomic E-state index is 10.1. The van der Waals surface area contributed by atoms with Gasteiger partial charge in [-0.1, -0.05) is 13.8 Å². The Morgan fingerprint density at radius 3 is 2.69 bits per heavy atom. The first-order valence-corrected chi connectivity index (χ1v) is 5.03. The first kappa shape index (κ1) is 12.3. The average molecular weight is 221 g/mol. The average Bonchev–Trinajstić information content (AvgIpc) is 2.25. The van der Waals surface area contributed by atoms with Gasteiger partial charge in [-0.05, 0) is 23.6 Å². The molecule has 0 amide bonds. The van der Waals surface area contributed by atoms with Crippen LogP contribution in [0.3, 0.4) is 0 Å². The summed E-state index contributed by atoms with van der Waals surface area (Å²) in [5, 5.41) is 9.76. The molecule has 0 fully saturated rings. The topological polar surface area (TPSA) is 58.9 Å². The monoisotopic (exact) mass is 221 g/mol. The van der Waals surface area contributed by atoms with Gasteiger partial charge in [0.2, 0.25) is 6.08 Å². The standard InChI is InChI=1S/C12H15NO3/c1-8(2)9-4-10(6-13-7-14)12(16-3)11(15)5-9/h4-5,8,15H,6H2,1-3H3. The van der Waals surface area contributed by atoms with Gasteiger partial charge in [-0.2, -0.15) is 0 Å². The summed E-state index contributed by atoms with van der Waals surface area (Å²) in [5.41, 5.74) is 1.67. The van der Waals surface area contributed by atoms with Crippen LogP contribution in [0.4, 0.5) is 0 Å². The number of rotatable bonds is 4. The Hall–Kier alpha value is -1.80. The largest absolute Gasteiger partial charge is 0.504 e. The van der Waals surface area contributed by atoms with E-state index in [-0.39, 0.29) is 18.2 Å². The van der Waals surface area contributed by atoms with Gasteiger partial charge in [-0.3, -0.25) is 0 Å². The van der Waals surface area contributed by atoms with Gasteiger partial charge < -0.3 is 9.84 Å². The van der Waals surface area contributed by atoms with Crippen LogP contribution in [0.15, 0.2) is 17.1 Å². The molecule has 0 saturated heterocycles. The number of phenols is 1. The van der Waals surface area contributed by atoms with Gasteiger partial charge in [0.25, 0.3) is 0 Å². The second-order valence-electron chi connectivity index (χ2n) is 3.79. The van der Waals surface area contributed by atoms with Crippen LogP contribution in [0.25, 0.3) is 0 Å². The zero-order valence-corrected chi connectivity index (χ0v) is 9.65. The Balaban J connectivity index is 3.24. The lowest BCUT2D eigenvalue weighted by atomic mass is 9.99. The number of carbonyl (C=O) groups excluding carboxylic acids is 1. The Kier molecular flexibility index (Phi) is 4.09. The van der Waals surface area contributed by atoms with Crippen molar-refractivity contribution < 1.29 is 14.6 Å². The van der Waals surface area contributed by atoms with E-state index in [9.17, 15) is 9.90 Å². The van der Waals surface area contributed by atoms with Gasteiger partial charge in [0, 0.05) is 5.56 Å². The fraction of sp³-hybridized carbons (Fsp3) is 0.417. The predicted octanol–water partition coefficient (Wildman–Crippen LogP) is 2.36. The van der Waals surface area contributed by atoms with E-state index in [1.54, 1.807) is 6.07 Å². The van der Waals surface area contributed by atoms with E-state index in [1.165, 1.54) is 13.2 Å². The number of phenolic OH excluding ortho intramolecular Hbond substituents is 1. The van der Waals surface area contributed by atoms with E-state index in [0.717, 1.165) is 5.56 Å². The van der Waals surface area contributed by atoms with Crippen LogP contribution in [0.1, 0.15) is 30.9 Å². The molecule has 1 rings (SSSR count). The number of nitrogens with zero attached hydrogens (tertiary/aromatic N) is 1. The van der Waals surface area contributed by atoms with Crippen LogP contribution in [0.5, 0.6) is 11.5 Å². The van der Waals surface area contributed by atoms with Gasteiger partial charge >= 0.3 is 0 Å². The van der Waals surface area contributed by atoms with Gasteiger partial charge in [-0.25, -0.2) is 9.79 Å². The molecule has 16 heavy (non-hydrogen) atoms. The van der Waals surface area contributed by atoms with Gasteiger partial charge in [-0.15, -0.1) is 0 Å². The highest BCUT2D eigenvalue weighted by Gasteiger charge is 2.12. The Morgan fingerprint density at radius 1 is 1.50 bits per heavy atom. The molecule has 0 aliphatic heterocycles. The molecule has 0 aliphatic carbocycles. The molecular weight excluding hydrogens is 206 g/mol. The summed E-state index contributed by atoms with van der Waals surface area (Å²) >= 11 is 0. The van der Waals surface area contributed by atoms with Crippen molar-refractivity contribution in [3.63, 3.8) is 0 Å². The molecule has 86 valence electrons. The molecule has 0 saturated carbocycles. The highest BCUT2D eigenvalue weighted by Crippen LogP contribution is 2.34. The van der Waals surface area contributed by atoms with Crippen molar-refractivity contribution >= 4 is 6.08 Å². The van der Waals surface area contributed by atoms with Crippen LogP contribution in [-0.4, -0.2) is 18.3 Å². The number of aliphatic imine (C=N–C) groups is 1. The van der Waals surface area contributed by atoms with Crippen LogP contribution in [0.2, 0.25) is 0 Å². The zero-order valence-electron chi connectivity index (χ0n) is 9.65. The maximum Gasteiger partial charge on any atom is 0.235 e. The van der Waals surface area contributed by atoms with Crippen LogP contribution in [0, 0.1) is 0 Å². The van der Waals surface area contributed by atoms with E-state index < -0.39 is 0 Å². The van der Waals surface area contributed by atoms with Gasteiger partial charge in [0.05, 0.1) is 13.7 Å². The number of ether oxygens (including phenoxy) is 1. The summed E-state index contributed by atoms with van der Waals surface area (Å²) < 4.78 is 5.07. The summed E-state index contributed by atoms with van der Waals surface area (Å²) in [5.74, 6) is 0.726. The highest BCUT2D eigenvalue weighted by atomic mass is 16.5. The van der Waals surface area contributed by atoms with Crippen molar-refractivity contribution in [2.75, 3.05) is 7.11 Å². The molecule has 1 aromatic rings. The predicted molar refractivity (Wildman–Crippen MR) is 60.6 cm³/mol. The molecule has 0 atom stereocenters. The van der Waals surface area contributed by atoms with E-state index >= 15 is 0 Å². The SMILES string of the molecule is COc1c(O)cc(C(C)C)cc1CN=C=O. The van der Waals surface area contributed by atoms with E-state index in [1.807, 2.05) is 19.9 Å². The lowest BCUT2D eigenvalue weighted by Gasteiger charge is -2.13. The fourth-order valence-electron chi connectivity index (χ4n) is 1.50. The Labute approximate surface area is 94.6 Å². The molecule has 0 unspecified atom stereocenters. The minimum atomic E-state index is 0.0739. The third-order valence-electron chi connectivity index (χ3n) is 2.35. The maximum atomic E-state index is 10.1. The summed E-state index contributed by atoms with van der Waals surface area (Å²) in [7, 11) is 1.47. The van der Waals surface area contributed by atoms with Crippen LogP contribution in [-0.2, 0) is 11.3 Å². The number of benzene rings is 1. The third kappa shape index (κ3) is 2.61. The number of methoxy groups -OCH3 is 1. The molecule has 0 bridgehead atoms. The van der Waals surface area contributed by atoms with Crippen molar-refractivity contribution in [3.8, 4) is 11.5 Å². The molecule has 0 heterocycles. The van der Waals surface area contributed by atoms with E-state index in [0.29, 0.717) is 11.3 Å². The second kappa shape index (κ2) is 5.33. The van der Waals surface area contributed by atoms with E-state index in [4.69, 9.17) is 4.74 Å². The van der Waals surface area contributed by atoms with Crippen molar-refractivity contribution in [3.05, 3.63) is 23.3 Å². The Bertz CT molecular complexity index is 421. The third-order valence-corrected chi connectivity index (χ3v) is 2.35. The lowest BCUT2D eigenvalue weighted by molar-refractivity contribution is 0.368. The zero-order chi connectivity index (χ0) is 12.1. The quantitative estimate of drug-likeness (QED) is 0.627. The van der Waals surface area contributed by atoms with Crippen molar-refractivity contribution in [2.24, 2.45) is 4.99 Å². The lowest BCUT2D eigenvalue weighted by Crippen LogP contribution is -1.96. The summed E-state index contributed by atoms with van der Waals surface area (Å²) in [6.07, 6.45) is 1.47. The molecule has 0 aromatic heterocycles. The van der Waals surface area contributed by atoms with Crippen molar-refractivity contribution in [2.45, 2.75) is 26.3 Å². The van der Waals surface area contributed by atoms with Crippen LogP contribution < -0.4 is 4.74 Å². The number of hydrogen-bond acceptors (Lipinski definition) is 4. The number of hydrogen-bond donors (Lipinski definition) is 1. The van der Waals surface area contributed by atoms with Gasteiger partial charge in [0.15, 0.2) is 11.5 Å². The molecule has 0 aliphatic rings. The minimum absolute atomic E-state index is 0.0739. The summed E-state index contributed by atoms with van der Waals surface area (Å²) in [6.45, 7) is 4.21. The molecule has 4 heteroatoms. The van der Waals surface area contributed by atoms with Crippen LogP contribution >= 0.6 is 0 Å². The first-order chi connectivity index (χ1) is 7.60. The first-order valence-electron chi connectivity index (χ1n) is 5.03.